The average molecular weight is 322 g/mol. The summed E-state index contributed by atoms with van der Waals surface area (Å²) in [5.41, 5.74) is 2.28. The van der Waals surface area contributed by atoms with Crippen LogP contribution in [0.15, 0.2) is 54.6 Å². The first-order chi connectivity index (χ1) is 9.25. The third-order valence-corrected chi connectivity index (χ3v) is 4.56. The standard InChI is InChI=1S/C16H13ClNS.ClH/c1-18-14-9-5-6-10-15(14)19-16(18)11-13(17)12-7-3-2-4-8-12;/h2-11H,1H3;1H/q+1;/p-1. The highest BCUT2D eigenvalue weighted by atomic mass is 35.5. The molecule has 0 bridgehead atoms. The molecule has 0 radical (unpaired) electrons. The SMILES string of the molecule is C[n+]1c(C=C(Cl)c2ccccc2)sc2ccccc21.[Cl-]. The van der Waals surface area contributed by atoms with E-state index in [1.807, 2.05) is 36.4 Å². The molecular formula is C16H13Cl2NS. The number of nitrogens with zero attached hydrogens (tertiary/aromatic N) is 1. The summed E-state index contributed by atoms with van der Waals surface area (Å²) in [6.45, 7) is 0. The number of fused-ring (bicyclic) bond motifs is 1. The number of benzene rings is 2. The van der Waals surface area contributed by atoms with E-state index in [2.05, 4.69) is 35.9 Å². The first-order valence-corrected chi connectivity index (χ1v) is 7.25. The maximum Gasteiger partial charge on any atom is 0.264 e. The van der Waals surface area contributed by atoms with E-state index in [-0.39, 0.29) is 12.4 Å². The van der Waals surface area contributed by atoms with E-state index in [0.29, 0.717) is 0 Å². The Morgan fingerprint density at radius 2 is 1.70 bits per heavy atom. The van der Waals surface area contributed by atoms with E-state index in [4.69, 9.17) is 11.6 Å². The molecule has 0 spiro atoms. The third kappa shape index (κ3) is 2.88. The predicted octanol–water partition coefficient (Wildman–Crippen LogP) is 1.47. The second-order valence-electron chi connectivity index (χ2n) is 4.33. The Bertz CT molecular complexity index is 748. The molecule has 0 atom stereocenters. The van der Waals surface area contributed by atoms with Crippen LogP contribution in [-0.4, -0.2) is 0 Å². The molecule has 1 aromatic heterocycles. The van der Waals surface area contributed by atoms with Crippen molar-refractivity contribution < 1.29 is 17.0 Å². The average Bonchev–Trinajstić information content (AvgIpc) is 2.77. The number of rotatable bonds is 2. The van der Waals surface area contributed by atoms with Gasteiger partial charge in [0, 0.05) is 12.1 Å². The van der Waals surface area contributed by atoms with Gasteiger partial charge in [-0.25, -0.2) is 0 Å². The van der Waals surface area contributed by atoms with Crippen molar-refractivity contribution in [2.45, 2.75) is 0 Å². The molecule has 0 aliphatic heterocycles. The van der Waals surface area contributed by atoms with Crippen LogP contribution in [0.5, 0.6) is 0 Å². The zero-order valence-corrected chi connectivity index (χ0v) is 13.2. The molecule has 0 unspecified atom stereocenters. The van der Waals surface area contributed by atoms with Gasteiger partial charge in [-0.2, -0.15) is 4.57 Å². The highest BCUT2D eigenvalue weighted by Crippen LogP contribution is 2.26. The van der Waals surface area contributed by atoms with Crippen molar-refractivity contribution in [1.29, 1.82) is 0 Å². The summed E-state index contributed by atoms with van der Waals surface area (Å²) in [5.74, 6) is 0. The summed E-state index contributed by atoms with van der Waals surface area (Å²) in [7, 11) is 2.07. The van der Waals surface area contributed by atoms with Crippen molar-refractivity contribution in [3.05, 3.63) is 65.2 Å². The van der Waals surface area contributed by atoms with Gasteiger partial charge in [0.2, 0.25) is 5.52 Å². The summed E-state index contributed by atoms with van der Waals surface area (Å²) in [5, 5.41) is 1.91. The topological polar surface area (TPSA) is 3.88 Å². The number of hydrogen-bond donors (Lipinski definition) is 0. The van der Waals surface area contributed by atoms with Crippen molar-refractivity contribution in [3.63, 3.8) is 0 Å². The largest absolute Gasteiger partial charge is 1.00 e. The number of halogens is 2. The lowest BCUT2D eigenvalue weighted by atomic mass is 10.2. The van der Waals surface area contributed by atoms with Gasteiger partial charge >= 0.3 is 0 Å². The second kappa shape index (κ2) is 6.40. The minimum Gasteiger partial charge on any atom is -1.00 e. The zero-order valence-electron chi connectivity index (χ0n) is 10.9. The summed E-state index contributed by atoms with van der Waals surface area (Å²) in [6.07, 6.45) is 2.03. The summed E-state index contributed by atoms with van der Waals surface area (Å²) >= 11 is 8.14. The molecule has 0 amide bonds. The summed E-state index contributed by atoms with van der Waals surface area (Å²) in [6, 6.07) is 18.4. The number of aryl methyl sites for hydroxylation is 1. The highest BCUT2D eigenvalue weighted by molar-refractivity contribution is 7.19. The number of aromatic nitrogens is 1. The van der Waals surface area contributed by atoms with Crippen LogP contribution >= 0.6 is 22.9 Å². The summed E-state index contributed by atoms with van der Waals surface area (Å²) < 4.78 is 3.44. The number of hydrogen-bond acceptors (Lipinski definition) is 1. The van der Waals surface area contributed by atoms with Crippen LogP contribution < -0.4 is 17.0 Å². The van der Waals surface area contributed by atoms with Crippen molar-refractivity contribution in [1.82, 2.24) is 0 Å². The van der Waals surface area contributed by atoms with Crippen molar-refractivity contribution in [2.24, 2.45) is 7.05 Å². The molecule has 0 aliphatic rings. The van der Waals surface area contributed by atoms with E-state index in [1.165, 1.54) is 10.2 Å². The second-order valence-corrected chi connectivity index (χ2v) is 5.79. The lowest BCUT2D eigenvalue weighted by Gasteiger charge is -1.96. The van der Waals surface area contributed by atoms with Gasteiger partial charge in [-0.15, -0.1) is 0 Å². The van der Waals surface area contributed by atoms with E-state index in [9.17, 15) is 0 Å². The fraction of sp³-hybridized carbons (Fsp3) is 0.0625. The van der Waals surface area contributed by atoms with Crippen LogP contribution in [0.2, 0.25) is 0 Å². The molecule has 1 nitrogen and oxygen atoms in total. The minimum absolute atomic E-state index is 0. The van der Waals surface area contributed by atoms with Crippen molar-refractivity contribution in [2.75, 3.05) is 0 Å². The number of thiazole rings is 1. The van der Waals surface area contributed by atoms with Gasteiger partial charge in [0.1, 0.15) is 11.7 Å². The Balaban J connectivity index is 0.00000147. The van der Waals surface area contributed by atoms with Crippen molar-refractivity contribution >= 4 is 44.3 Å². The Morgan fingerprint density at radius 1 is 1.05 bits per heavy atom. The number of para-hydroxylation sites is 1. The third-order valence-electron chi connectivity index (χ3n) is 3.07. The molecule has 3 rings (SSSR count). The van der Waals surface area contributed by atoms with Crippen molar-refractivity contribution in [3.8, 4) is 0 Å². The predicted molar refractivity (Wildman–Crippen MR) is 83.2 cm³/mol. The molecule has 1 heterocycles. The van der Waals surface area contributed by atoms with Gasteiger partial charge in [-0.1, -0.05) is 65.4 Å². The molecule has 2 aromatic carbocycles. The van der Waals surface area contributed by atoms with Gasteiger partial charge < -0.3 is 12.4 Å². The van der Waals surface area contributed by atoms with E-state index in [0.717, 1.165) is 15.6 Å². The monoisotopic (exact) mass is 321 g/mol. The van der Waals surface area contributed by atoms with Crippen LogP contribution in [0.3, 0.4) is 0 Å². The van der Waals surface area contributed by atoms with E-state index < -0.39 is 0 Å². The Morgan fingerprint density at radius 3 is 2.40 bits per heavy atom. The summed E-state index contributed by atoms with van der Waals surface area (Å²) in [4.78, 5) is 0. The van der Waals surface area contributed by atoms with Crippen LogP contribution in [0.1, 0.15) is 10.6 Å². The van der Waals surface area contributed by atoms with Crippen LogP contribution in [-0.2, 0) is 7.05 Å². The Kier molecular flexibility index (Phi) is 4.81. The molecule has 102 valence electrons. The Labute approximate surface area is 133 Å². The van der Waals surface area contributed by atoms with Gasteiger partial charge in [0.25, 0.3) is 5.01 Å². The van der Waals surface area contributed by atoms with Gasteiger partial charge in [-0.3, -0.25) is 0 Å². The zero-order chi connectivity index (χ0) is 13.2. The van der Waals surface area contributed by atoms with Crippen LogP contribution in [0, 0.1) is 0 Å². The normalized spacial score (nSPS) is 11.4. The molecule has 0 N–H and O–H groups in total. The molecule has 4 heteroatoms. The van der Waals surface area contributed by atoms with Crippen LogP contribution in [0.25, 0.3) is 21.3 Å². The smallest absolute Gasteiger partial charge is 0.264 e. The molecule has 0 aliphatic carbocycles. The molecule has 0 saturated carbocycles. The maximum absolute atomic E-state index is 6.39. The minimum atomic E-state index is 0. The fourth-order valence-electron chi connectivity index (χ4n) is 2.04. The van der Waals surface area contributed by atoms with E-state index in [1.54, 1.807) is 11.3 Å². The van der Waals surface area contributed by atoms with Crippen LogP contribution in [0.4, 0.5) is 0 Å². The molecule has 20 heavy (non-hydrogen) atoms. The first kappa shape index (κ1) is 15.0. The molecule has 0 fully saturated rings. The van der Waals surface area contributed by atoms with Gasteiger partial charge in [0.05, 0.1) is 5.03 Å². The molecule has 3 aromatic rings. The van der Waals surface area contributed by atoms with E-state index >= 15 is 0 Å². The quantitative estimate of drug-likeness (QED) is 0.629. The maximum atomic E-state index is 6.39. The van der Waals surface area contributed by atoms with Gasteiger partial charge in [-0.05, 0) is 11.6 Å². The fourth-order valence-corrected chi connectivity index (χ4v) is 3.42. The first-order valence-electron chi connectivity index (χ1n) is 6.06. The lowest BCUT2D eigenvalue weighted by molar-refractivity contribution is -0.642. The van der Waals surface area contributed by atoms with Gasteiger partial charge in [0.15, 0.2) is 0 Å². The molecule has 0 saturated heterocycles. The molecular weight excluding hydrogens is 309 g/mol. The Hall–Kier alpha value is -1.35. The highest BCUT2D eigenvalue weighted by Gasteiger charge is 2.14. The lowest BCUT2D eigenvalue weighted by Crippen LogP contribution is -3.00.